The zero-order valence-electron chi connectivity index (χ0n) is 11.6. The van der Waals surface area contributed by atoms with Crippen molar-refractivity contribution in [2.75, 3.05) is 31.4 Å². The van der Waals surface area contributed by atoms with Crippen LogP contribution in [0.1, 0.15) is 17.2 Å². The van der Waals surface area contributed by atoms with Crippen LogP contribution in [0.25, 0.3) is 0 Å². The summed E-state index contributed by atoms with van der Waals surface area (Å²) in [6, 6.07) is 4.58. The predicted molar refractivity (Wildman–Crippen MR) is 95.4 cm³/mol. The average molecular weight is 474 g/mol. The molecule has 1 aromatic carbocycles. The fraction of sp³-hybridized carbons (Fsp3) is 0.571. The molecule has 1 aromatic rings. The number of halogens is 3. The Bertz CT molecular complexity index is 439. The van der Waals surface area contributed by atoms with Gasteiger partial charge in [0.25, 0.3) is 0 Å². The van der Waals surface area contributed by atoms with Crippen molar-refractivity contribution in [1.29, 1.82) is 0 Å². The maximum Gasteiger partial charge on any atom is 0.161 e. The monoisotopic (exact) mass is 471 g/mol. The highest BCUT2D eigenvalue weighted by molar-refractivity contribution is 9.09. The number of hydrogen-bond donors (Lipinski definition) is 1. The molecule has 1 aliphatic rings. The maximum atomic E-state index is 5.42. The van der Waals surface area contributed by atoms with Crippen LogP contribution in [0.4, 0.5) is 0 Å². The van der Waals surface area contributed by atoms with Crippen LogP contribution in [-0.4, -0.2) is 31.4 Å². The van der Waals surface area contributed by atoms with Gasteiger partial charge in [0.2, 0.25) is 0 Å². The lowest BCUT2D eigenvalue weighted by Gasteiger charge is -2.32. The van der Waals surface area contributed by atoms with Crippen LogP contribution >= 0.6 is 48.8 Å². The van der Waals surface area contributed by atoms with E-state index in [0.717, 1.165) is 35.1 Å². The Balaban J connectivity index is 0.00000200. The van der Waals surface area contributed by atoms with Crippen LogP contribution in [-0.2, 0) is 6.42 Å². The van der Waals surface area contributed by atoms with Crippen LogP contribution in [0, 0.1) is 5.92 Å². The molecule has 1 unspecified atom stereocenters. The van der Waals surface area contributed by atoms with Crippen LogP contribution in [0.15, 0.2) is 12.1 Å². The molecule has 20 heavy (non-hydrogen) atoms. The highest BCUT2D eigenvalue weighted by Crippen LogP contribution is 2.38. The second-order valence-electron chi connectivity index (χ2n) is 4.66. The Labute approximate surface area is 147 Å². The van der Waals surface area contributed by atoms with E-state index in [2.05, 4.69) is 49.3 Å². The van der Waals surface area contributed by atoms with Gasteiger partial charge in [-0.1, -0.05) is 31.9 Å². The average Bonchev–Trinajstić information content (AvgIpc) is 2.47. The van der Waals surface area contributed by atoms with Crippen molar-refractivity contribution in [2.24, 2.45) is 5.92 Å². The van der Waals surface area contributed by atoms with E-state index in [1.807, 2.05) is 0 Å². The number of rotatable bonds is 5. The van der Waals surface area contributed by atoms with Crippen LogP contribution in [0.3, 0.4) is 0 Å². The standard InChI is InChI=1S/C14H19Br2NO2.BrH/c1-18-12-5-9-3-4-17-14(10(7-15)8-16)11(9)6-13(12)19-2;/h5-6,10,14,17H,3-4,7-8H2,1-2H3;1H. The third kappa shape index (κ3) is 3.70. The fourth-order valence-corrected chi connectivity index (χ4v) is 4.38. The molecule has 0 fully saturated rings. The van der Waals surface area contributed by atoms with Crippen molar-refractivity contribution in [2.45, 2.75) is 12.5 Å². The van der Waals surface area contributed by atoms with Crippen LogP contribution < -0.4 is 14.8 Å². The van der Waals surface area contributed by atoms with Gasteiger partial charge in [0.15, 0.2) is 11.5 Å². The first kappa shape index (κ1) is 18.3. The lowest BCUT2D eigenvalue weighted by atomic mass is 9.87. The molecule has 0 aliphatic carbocycles. The molecule has 1 heterocycles. The molecule has 0 radical (unpaired) electrons. The van der Waals surface area contributed by atoms with Gasteiger partial charge in [0, 0.05) is 16.7 Å². The van der Waals surface area contributed by atoms with E-state index < -0.39 is 0 Å². The lowest BCUT2D eigenvalue weighted by molar-refractivity contribution is 0.349. The minimum Gasteiger partial charge on any atom is -0.493 e. The second-order valence-corrected chi connectivity index (χ2v) is 5.95. The molecule has 0 spiro atoms. The van der Waals surface area contributed by atoms with E-state index in [1.165, 1.54) is 11.1 Å². The zero-order valence-corrected chi connectivity index (χ0v) is 16.5. The number of hydrogen-bond acceptors (Lipinski definition) is 3. The number of alkyl halides is 2. The summed E-state index contributed by atoms with van der Waals surface area (Å²) in [5, 5.41) is 5.53. The molecule has 0 aromatic heterocycles. The van der Waals surface area contributed by atoms with Gasteiger partial charge in [-0.3, -0.25) is 0 Å². The van der Waals surface area contributed by atoms with E-state index in [4.69, 9.17) is 9.47 Å². The van der Waals surface area contributed by atoms with Gasteiger partial charge >= 0.3 is 0 Å². The Morgan fingerprint density at radius 3 is 2.35 bits per heavy atom. The topological polar surface area (TPSA) is 30.5 Å². The third-order valence-electron chi connectivity index (χ3n) is 3.61. The molecule has 0 saturated heterocycles. The van der Waals surface area contributed by atoms with Gasteiger partial charge in [-0.25, -0.2) is 0 Å². The van der Waals surface area contributed by atoms with E-state index in [0.29, 0.717) is 12.0 Å². The Morgan fingerprint density at radius 2 is 1.80 bits per heavy atom. The van der Waals surface area contributed by atoms with Crippen molar-refractivity contribution in [1.82, 2.24) is 5.32 Å². The quantitative estimate of drug-likeness (QED) is 0.658. The van der Waals surface area contributed by atoms with Gasteiger partial charge in [0.1, 0.15) is 0 Å². The summed E-state index contributed by atoms with van der Waals surface area (Å²) < 4.78 is 10.8. The van der Waals surface area contributed by atoms with Gasteiger partial charge in [-0.2, -0.15) is 0 Å². The summed E-state index contributed by atoms with van der Waals surface area (Å²) in [6.07, 6.45) is 1.03. The largest absolute Gasteiger partial charge is 0.493 e. The summed E-state index contributed by atoms with van der Waals surface area (Å²) in [7, 11) is 3.37. The zero-order chi connectivity index (χ0) is 13.8. The molecule has 1 N–H and O–H groups in total. The molecule has 0 saturated carbocycles. The van der Waals surface area contributed by atoms with E-state index >= 15 is 0 Å². The minimum absolute atomic E-state index is 0. The maximum absolute atomic E-state index is 5.42. The van der Waals surface area contributed by atoms with E-state index in [1.54, 1.807) is 14.2 Å². The third-order valence-corrected chi connectivity index (χ3v) is 5.27. The summed E-state index contributed by atoms with van der Waals surface area (Å²) in [5.74, 6) is 2.13. The van der Waals surface area contributed by atoms with Crippen molar-refractivity contribution < 1.29 is 9.47 Å². The molecule has 6 heteroatoms. The Hall–Kier alpha value is 0.220. The Morgan fingerprint density at radius 1 is 1.20 bits per heavy atom. The van der Waals surface area contributed by atoms with Crippen molar-refractivity contribution in [3.8, 4) is 11.5 Å². The number of ether oxygens (including phenoxy) is 2. The molecule has 0 amide bonds. The summed E-state index contributed by atoms with van der Waals surface area (Å²) in [4.78, 5) is 0. The normalized spacial score (nSPS) is 17.4. The Kier molecular flexibility index (Phi) is 7.87. The van der Waals surface area contributed by atoms with Crippen molar-refractivity contribution >= 4 is 48.8 Å². The number of nitrogens with one attached hydrogen (secondary N) is 1. The SMILES string of the molecule is Br.COc1cc2c(cc1OC)C(C(CBr)CBr)NCC2. The smallest absolute Gasteiger partial charge is 0.161 e. The minimum atomic E-state index is 0. The molecule has 1 aliphatic heterocycles. The molecular formula is C14H20Br3NO2. The number of fused-ring (bicyclic) bond motifs is 1. The molecular weight excluding hydrogens is 454 g/mol. The second kappa shape index (κ2) is 8.61. The van der Waals surface area contributed by atoms with Crippen molar-refractivity contribution in [3.63, 3.8) is 0 Å². The molecule has 2 rings (SSSR count). The number of benzene rings is 1. The van der Waals surface area contributed by atoms with Gasteiger partial charge in [-0.05, 0) is 42.1 Å². The highest BCUT2D eigenvalue weighted by atomic mass is 79.9. The molecule has 1 atom stereocenters. The highest BCUT2D eigenvalue weighted by Gasteiger charge is 2.28. The first-order chi connectivity index (χ1) is 9.24. The summed E-state index contributed by atoms with van der Waals surface area (Å²) >= 11 is 7.20. The van der Waals surface area contributed by atoms with E-state index in [9.17, 15) is 0 Å². The molecule has 3 nitrogen and oxygen atoms in total. The van der Waals surface area contributed by atoms with Gasteiger partial charge in [-0.15, -0.1) is 17.0 Å². The van der Waals surface area contributed by atoms with Crippen molar-refractivity contribution in [3.05, 3.63) is 23.3 Å². The van der Waals surface area contributed by atoms with Gasteiger partial charge in [0.05, 0.1) is 14.2 Å². The fourth-order valence-electron chi connectivity index (χ4n) is 2.56. The predicted octanol–water partition coefficient (Wildman–Crippen LogP) is 3.87. The first-order valence-corrected chi connectivity index (χ1v) is 8.59. The first-order valence-electron chi connectivity index (χ1n) is 6.35. The molecule has 0 bridgehead atoms. The van der Waals surface area contributed by atoms with E-state index in [-0.39, 0.29) is 17.0 Å². The summed E-state index contributed by atoms with van der Waals surface area (Å²) in [6.45, 7) is 1.00. The van der Waals surface area contributed by atoms with Crippen LogP contribution in [0.5, 0.6) is 11.5 Å². The van der Waals surface area contributed by atoms with Crippen LogP contribution in [0.2, 0.25) is 0 Å². The number of methoxy groups -OCH3 is 2. The summed E-state index contributed by atoms with van der Waals surface area (Å²) in [5.41, 5.74) is 2.68. The molecule has 114 valence electrons. The van der Waals surface area contributed by atoms with Gasteiger partial charge < -0.3 is 14.8 Å². The lowest BCUT2D eigenvalue weighted by Crippen LogP contribution is -2.36.